The predicted octanol–water partition coefficient (Wildman–Crippen LogP) is 1.05. The van der Waals surface area contributed by atoms with Crippen LogP contribution >= 0.6 is 0 Å². The Morgan fingerprint density at radius 2 is 2.05 bits per heavy atom. The molecule has 2 aromatic rings. The van der Waals surface area contributed by atoms with Gasteiger partial charge in [-0.15, -0.1) is 0 Å². The summed E-state index contributed by atoms with van der Waals surface area (Å²) in [7, 11) is -1.82. The molecule has 0 aliphatic carbocycles. The third kappa shape index (κ3) is 2.90. The van der Waals surface area contributed by atoms with E-state index < -0.39 is 10.0 Å². The summed E-state index contributed by atoms with van der Waals surface area (Å²) in [5.41, 5.74) is 0. The van der Waals surface area contributed by atoms with Crippen LogP contribution in [0.5, 0.6) is 0 Å². The summed E-state index contributed by atoms with van der Waals surface area (Å²) < 4.78 is 36.3. The molecule has 0 spiro atoms. The topological polar surface area (TPSA) is 85.5 Å². The van der Waals surface area contributed by atoms with Crippen LogP contribution in [0.25, 0.3) is 0 Å². The van der Waals surface area contributed by atoms with Gasteiger partial charge in [0.2, 0.25) is 15.9 Å². The summed E-state index contributed by atoms with van der Waals surface area (Å²) in [6.45, 7) is 1.25. The average Bonchev–Trinajstić information content (AvgIpc) is 2.92. The first-order chi connectivity index (χ1) is 10.6. The van der Waals surface area contributed by atoms with Crippen molar-refractivity contribution in [1.82, 2.24) is 14.4 Å². The van der Waals surface area contributed by atoms with Gasteiger partial charge in [0.15, 0.2) is 5.82 Å². The van der Waals surface area contributed by atoms with Gasteiger partial charge < -0.3 is 9.26 Å². The zero-order valence-electron chi connectivity index (χ0n) is 12.2. The highest BCUT2D eigenvalue weighted by Crippen LogP contribution is 2.30. The smallest absolute Gasteiger partial charge is 0.243 e. The number of methoxy groups -OCH3 is 1. The fraction of sp³-hybridized carbons (Fsp3) is 0.429. The van der Waals surface area contributed by atoms with Crippen molar-refractivity contribution in [2.75, 3.05) is 26.8 Å². The first-order valence-corrected chi connectivity index (χ1v) is 8.42. The van der Waals surface area contributed by atoms with Gasteiger partial charge in [-0.3, -0.25) is 0 Å². The van der Waals surface area contributed by atoms with Crippen LogP contribution in [0.4, 0.5) is 0 Å². The number of hydrogen-bond donors (Lipinski definition) is 0. The van der Waals surface area contributed by atoms with Crippen molar-refractivity contribution in [2.24, 2.45) is 0 Å². The standard InChI is InChI=1S/C14H17N3O4S/c1-20-8-7-13-15-14(21-16-13)11-9-17(10-11)22(18,19)12-5-3-2-4-6-12/h2-6,11H,7-10H2,1H3. The normalized spacial score (nSPS) is 16.6. The molecule has 1 aliphatic rings. The lowest BCUT2D eigenvalue weighted by Gasteiger charge is -2.35. The van der Waals surface area contributed by atoms with Crippen LogP contribution in [0.1, 0.15) is 17.6 Å². The maximum atomic E-state index is 12.4. The van der Waals surface area contributed by atoms with Crippen LogP contribution in [-0.2, 0) is 21.2 Å². The van der Waals surface area contributed by atoms with Gasteiger partial charge in [-0.1, -0.05) is 23.4 Å². The van der Waals surface area contributed by atoms with E-state index in [9.17, 15) is 8.42 Å². The van der Waals surface area contributed by atoms with E-state index in [1.54, 1.807) is 37.4 Å². The third-order valence-corrected chi connectivity index (χ3v) is 5.44. The molecule has 0 N–H and O–H groups in total. The average molecular weight is 323 g/mol. The number of nitrogens with zero attached hydrogens (tertiary/aromatic N) is 3. The van der Waals surface area contributed by atoms with Gasteiger partial charge in [0.05, 0.1) is 17.4 Å². The molecular weight excluding hydrogens is 306 g/mol. The Morgan fingerprint density at radius 1 is 1.32 bits per heavy atom. The molecule has 0 unspecified atom stereocenters. The van der Waals surface area contributed by atoms with Crippen LogP contribution in [0.3, 0.4) is 0 Å². The van der Waals surface area contributed by atoms with Crippen molar-refractivity contribution in [3.05, 3.63) is 42.0 Å². The second-order valence-electron chi connectivity index (χ2n) is 5.12. The van der Waals surface area contributed by atoms with Gasteiger partial charge >= 0.3 is 0 Å². The molecule has 1 aromatic heterocycles. The maximum absolute atomic E-state index is 12.4. The van der Waals surface area contributed by atoms with Gasteiger partial charge in [-0.25, -0.2) is 8.42 Å². The van der Waals surface area contributed by atoms with Gasteiger partial charge in [0.25, 0.3) is 0 Å². The molecule has 1 saturated heterocycles. The van der Waals surface area contributed by atoms with E-state index in [1.165, 1.54) is 4.31 Å². The lowest BCUT2D eigenvalue weighted by Crippen LogP contribution is -2.48. The Hall–Kier alpha value is -1.77. The van der Waals surface area contributed by atoms with Crippen molar-refractivity contribution in [2.45, 2.75) is 17.2 Å². The Morgan fingerprint density at radius 3 is 2.73 bits per heavy atom. The Balaban J connectivity index is 1.63. The molecule has 7 nitrogen and oxygen atoms in total. The monoisotopic (exact) mass is 323 g/mol. The molecule has 1 fully saturated rings. The first-order valence-electron chi connectivity index (χ1n) is 6.98. The lowest BCUT2D eigenvalue weighted by atomic mass is 10.0. The zero-order chi connectivity index (χ0) is 15.6. The second-order valence-corrected chi connectivity index (χ2v) is 7.06. The minimum atomic E-state index is -3.43. The molecule has 3 rings (SSSR count). The van der Waals surface area contributed by atoms with Gasteiger partial charge in [-0.2, -0.15) is 9.29 Å². The van der Waals surface area contributed by atoms with Gasteiger partial charge in [0.1, 0.15) is 0 Å². The minimum Gasteiger partial charge on any atom is -0.384 e. The summed E-state index contributed by atoms with van der Waals surface area (Å²) >= 11 is 0. The quantitative estimate of drug-likeness (QED) is 0.790. The molecule has 0 radical (unpaired) electrons. The molecule has 2 heterocycles. The van der Waals surface area contributed by atoms with E-state index in [1.807, 2.05) is 0 Å². The number of sulfonamides is 1. The molecule has 0 saturated carbocycles. The third-order valence-electron chi connectivity index (χ3n) is 3.59. The molecule has 118 valence electrons. The number of aromatic nitrogens is 2. The van der Waals surface area contributed by atoms with E-state index in [2.05, 4.69) is 10.1 Å². The highest BCUT2D eigenvalue weighted by molar-refractivity contribution is 7.89. The van der Waals surface area contributed by atoms with Gasteiger partial charge in [0, 0.05) is 26.6 Å². The highest BCUT2D eigenvalue weighted by Gasteiger charge is 2.40. The molecule has 0 amide bonds. The number of benzene rings is 1. The lowest BCUT2D eigenvalue weighted by molar-refractivity contribution is 0.199. The molecule has 0 atom stereocenters. The summed E-state index contributed by atoms with van der Waals surface area (Å²) in [4.78, 5) is 4.59. The SMILES string of the molecule is COCCc1noc(C2CN(S(=O)(=O)c3ccccc3)C2)n1. The van der Waals surface area contributed by atoms with E-state index in [0.717, 1.165) is 0 Å². The summed E-state index contributed by atoms with van der Waals surface area (Å²) in [5.74, 6) is 1.04. The van der Waals surface area contributed by atoms with Crippen molar-refractivity contribution < 1.29 is 17.7 Å². The predicted molar refractivity (Wildman–Crippen MR) is 77.8 cm³/mol. The molecule has 1 aliphatic heterocycles. The van der Waals surface area contributed by atoms with E-state index in [0.29, 0.717) is 42.7 Å². The van der Waals surface area contributed by atoms with E-state index in [4.69, 9.17) is 9.26 Å². The number of hydrogen-bond acceptors (Lipinski definition) is 6. The Labute approximate surface area is 128 Å². The van der Waals surface area contributed by atoms with Crippen LogP contribution in [0.2, 0.25) is 0 Å². The fourth-order valence-corrected chi connectivity index (χ4v) is 3.81. The minimum absolute atomic E-state index is 0.0396. The van der Waals surface area contributed by atoms with Gasteiger partial charge in [-0.05, 0) is 12.1 Å². The fourth-order valence-electron chi connectivity index (χ4n) is 2.26. The van der Waals surface area contributed by atoms with E-state index >= 15 is 0 Å². The number of ether oxygens (including phenoxy) is 1. The molecule has 0 bridgehead atoms. The highest BCUT2D eigenvalue weighted by atomic mass is 32.2. The second kappa shape index (κ2) is 6.15. The van der Waals surface area contributed by atoms with Crippen LogP contribution in [0.15, 0.2) is 39.8 Å². The molecular formula is C14H17N3O4S. The maximum Gasteiger partial charge on any atom is 0.243 e. The summed E-state index contributed by atoms with van der Waals surface area (Å²) in [6.07, 6.45) is 0.582. The Kier molecular flexibility index (Phi) is 4.23. The molecule has 8 heteroatoms. The van der Waals surface area contributed by atoms with Crippen molar-refractivity contribution in [1.29, 1.82) is 0 Å². The van der Waals surface area contributed by atoms with Crippen LogP contribution < -0.4 is 0 Å². The molecule has 22 heavy (non-hydrogen) atoms. The first kappa shape index (κ1) is 15.1. The van der Waals surface area contributed by atoms with Crippen LogP contribution in [0, 0.1) is 0 Å². The summed E-state index contributed by atoms with van der Waals surface area (Å²) in [5, 5.41) is 3.87. The Bertz CT molecular complexity index is 724. The van der Waals surface area contributed by atoms with Crippen molar-refractivity contribution >= 4 is 10.0 Å². The van der Waals surface area contributed by atoms with E-state index in [-0.39, 0.29) is 5.92 Å². The zero-order valence-corrected chi connectivity index (χ0v) is 13.0. The number of rotatable bonds is 6. The molecule has 1 aromatic carbocycles. The van der Waals surface area contributed by atoms with Crippen LogP contribution in [-0.4, -0.2) is 49.7 Å². The summed E-state index contributed by atoms with van der Waals surface area (Å²) in [6, 6.07) is 8.41. The largest absolute Gasteiger partial charge is 0.384 e. The van der Waals surface area contributed by atoms with Crippen molar-refractivity contribution in [3.63, 3.8) is 0 Å². The van der Waals surface area contributed by atoms with Crippen molar-refractivity contribution in [3.8, 4) is 0 Å².